The Morgan fingerprint density at radius 3 is 2.14 bits per heavy atom. The van der Waals surface area contributed by atoms with Crippen molar-refractivity contribution < 1.29 is 37.1 Å². The fourth-order valence-corrected chi connectivity index (χ4v) is 6.93. The van der Waals surface area contributed by atoms with Crippen LogP contribution >= 0.6 is 11.6 Å². The molecule has 2 saturated heterocycles. The lowest BCUT2D eigenvalue weighted by atomic mass is 9.95. The Morgan fingerprint density at radius 1 is 0.893 bits per heavy atom. The number of halogens is 4. The van der Waals surface area contributed by atoms with Crippen LogP contribution in [0.15, 0.2) is 42.7 Å². The van der Waals surface area contributed by atoms with E-state index in [1.54, 1.807) is 27.8 Å². The molecule has 2 aliphatic rings. The van der Waals surface area contributed by atoms with E-state index in [0.29, 0.717) is 57.8 Å². The second kappa shape index (κ2) is 15.8. The summed E-state index contributed by atoms with van der Waals surface area (Å²) in [5, 5.41) is 11.6. The number of carbonyl (C=O) groups is 4. The van der Waals surface area contributed by atoms with E-state index in [1.165, 1.54) is 42.1 Å². The zero-order chi connectivity index (χ0) is 40.5. The van der Waals surface area contributed by atoms with Crippen molar-refractivity contribution >= 4 is 46.8 Å². The third-order valence-electron chi connectivity index (χ3n) is 9.62. The molecule has 3 aromatic heterocycles. The molecule has 15 nitrogen and oxygen atoms in total. The van der Waals surface area contributed by atoms with Crippen molar-refractivity contribution in [3.05, 3.63) is 64.8 Å². The van der Waals surface area contributed by atoms with Gasteiger partial charge in [-0.3, -0.25) is 24.5 Å². The molecule has 6 rings (SSSR count). The second-order valence-electron chi connectivity index (χ2n) is 14.5. The van der Waals surface area contributed by atoms with E-state index in [9.17, 15) is 32.3 Å². The number of nitrogens with zero attached hydrogens (tertiary/aromatic N) is 7. The Morgan fingerprint density at radius 2 is 1.55 bits per heavy atom. The van der Waals surface area contributed by atoms with Crippen LogP contribution in [0.4, 0.5) is 29.3 Å². The fourth-order valence-electron chi connectivity index (χ4n) is 6.67. The third-order valence-corrected chi connectivity index (χ3v) is 9.94. The van der Waals surface area contributed by atoms with E-state index in [2.05, 4.69) is 30.8 Å². The molecule has 298 valence electrons. The monoisotopic (exact) mass is 798 g/mol. The van der Waals surface area contributed by atoms with Gasteiger partial charge in [0, 0.05) is 65.0 Å². The van der Waals surface area contributed by atoms with Crippen molar-refractivity contribution in [1.29, 1.82) is 0 Å². The highest BCUT2D eigenvalue weighted by molar-refractivity contribution is 6.34. The van der Waals surface area contributed by atoms with Crippen molar-refractivity contribution in [2.75, 3.05) is 56.9 Å². The first-order valence-corrected chi connectivity index (χ1v) is 18.3. The lowest BCUT2D eigenvalue weighted by Crippen LogP contribution is -2.53. The van der Waals surface area contributed by atoms with Gasteiger partial charge in [-0.15, -0.1) is 0 Å². The Hall–Kier alpha value is -5.65. The molecule has 2 aliphatic heterocycles. The third kappa shape index (κ3) is 8.59. The number of rotatable bonds is 7. The van der Waals surface area contributed by atoms with E-state index >= 15 is 0 Å². The summed E-state index contributed by atoms with van der Waals surface area (Å²) < 4.78 is 49.0. The molecular weight excluding hydrogens is 757 g/mol. The van der Waals surface area contributed by atoms with Gasteiger partial charge in [-0.25, -0.2) is 9.78 Å². The summed E-state index contributed by atoms with van der Waals surface area (Å²) >= 11 is 6.53. The van der Waals surface area contributed by atoms with Crippen molar-refractivity contribution in [3.63, 3.8) is 0 Å². The number of nitrogens with one attached hydrogen (secondary N) is 3. The molecule has 0 unspecified atom stereocenters. The van der Waals surface area contributed by atoms with E-state index in [1.807, 2.05) is 20.8 Å². The molecule has 56 heavy (non-hydrogen) atoms. The molecule has 3 N–H and O–H groups in total. The molecule has 1 aromatic carbocycles. The SMILES string of the molecule is CNc1ccc(-c2[nH]nc(C(F)(F)F)c2-c2cnc(C(=O)Nc3ccc(C(=O)N4CCN(C(=O)C5CCN(C(=O)OC(C)(C)C)CC5)CC4)c(Cl)c3)n2C)nc1. The Balaban J connectivity index is 1.07. The zero-order valence-electron chi connectivity index (χ0n) is 31.5. The minimum Gasteiger partial charge on any atom is -0.444 e. The highest BCUT2D eigenvalue weighted by Gasteiger charge is 2.40. The molecule has 0 spiro atoms. The number of imidazole rings is 1. The Labute approximate surface area is 325 Å². The van der Waals surface area contributed by atoms with Gasteiger partial charge in [0.25, 0.3) is 11.8 Å². The molecule has 4 aromatic rings. The van der Waals surface area contributed by atoms with Crippen LogP contribution < -0.4 is 10.6 Å². The highest BCUT2D eigenvalue weighted by atomic mass is 35.5. The van der Waals surface area contributed by atoms with Gasteiger partial charge in [0.2, 0.25) is 5.91 Å². The predicted molar refractivity (Wildman–Crippen MR) is 201 cm³/mol. The van der Waals surface area contributed by atoms with E-state index < -0.39 is 23.4 Å². The number of benzene rings is 1. The van der Waals surface area contributed by atoms with E-state index in [0.717, 1.165) is 6.20 Å². The summed E-state index contributed by atoms with van der Waals surface area (Å²) in [6, 6.07) is 7.55. The minimum atomic E-state index is -4.83. The van der Waals surface area contributed by atoms with Crippen LogP contribution in [0.3, 0.4) is 0 Å². The summed E-state index contributed by atoms with van der Waals surface area (Å²) in [6.07, 6.45) is -1.53. The second-order valence-corrected chi connectivity index (χ2v) is 14.9. The molecule has 0 aliphatic carbocycles. The van der Waals surface area contributed by atoms with Gasteiger partial charge < -0.3 is 34.6 Å². The number of H-pyrrole nitrogens is 1. The summed E-state index contributed by atoms with van der Waals surface area (Å²) in [5.74, 6) is -1.49. The minimum absolute atomic E-state index is 0.00127. The number of pyridine rings is 1. The predicted octanol–water partition coefficient (Wildman–Crippen LogP) is 5.77. The van der Waals surface area contributed by atoms with Crippen molar-refractivity contribution in [1.82, 2.24) is 39.4 Å². The van der Waals surface area contributed by atoms with Gasteiger partial charge >= 0.3 is 12.3 Å². The molecule has 0 bridgehead atoms. The lowest BCUT2D eigenvalue weighted by molar-refractivity contribution is -0.140. The first kappa shape index (κ1) is 40.0. The number of hydrogen-bond donors (Lipinski definition) is 3. The van der Waals surface area contributed by atoms with Crippen molar-refractivity contribution in [3.8, 4) is 22.6 Å². The number of hydrogen-bond acceptors (Lipinski definition) is 9. The number of alkyl halides is 3. The molecule has 0 saturated carbocycles. The van der Waals surface area contributed by atoms with Gasteiger partial charge in [-0.1, -0.05) is 11.6 Å². The molecule has 0 radical (unpaired) electrons. The number of piperidine rings is 1. The summed E-state index contributed by atoms with van der Waals surface area (Å²) in [5.41, 5.74) is -0.886. The van der Waals surface area contributed by atoms with E-state index in [-0.39, 0.29) is 68.6 Å². The molecule has 2 fully saturated rings. The maximum absolute atomic E-state index is 14.1. The average molecular weight is 799 g/mol. The average Bonchev–Trinajstić information content (AvgIpc) is 3.77. The topological polar surface area (TPSA) is 171 Å². The number of anilines is 2. The van der Waals surface area contributed by atoms with Crippen LogP contribution in [0.5, 0.6) is 0 Å². The summed E-state index contributed by atoms with van der Waals surface area (Å²) in [4.78, 5) is 65.9. The van der Waals surface area contributed by atoms with Gasteiger partial charge in [0.15, 0.2) is 11.5 Å². The molecule has 5 heterocycles. The van der Waals surface area contributed by atoms with Crippen molar-refractivity contribution in [2.45, 2.75) is 45.4 Å². The lowest BCUT2D eigenvalue weighted by Gasteiger charge is -2.38. The van der Waals surface area contributed by atoms with Crippen molar-refractivity contribution in [2.24, 2.45) is 13.0 Å². The first-order valence-electron chi connectivity index (χ1n) is 17.9. The molecule has 19 heteroatoms. The number of piperazine rings is 1. The Bertz CT molecular complexity index is 2110. The van der Waals surface area contributed by atoms with Crippen LogP contribution in [0, 0.1) is 5.92 Å². The number of aromatic nitrogens is 5. The van der Waals surface area contributed by atoms with E-state index in [4.69, 9.17) is 16.3 Å². The maximum atomic E-state index is 14.1. The van der Waals surface area contributed by atoms with Crippen LogP contribution in [0.2, 0.25) is 5.02 Å². The Kier molecular flexibility index (Phi) is 11.3. The van der Waals surface area contributed by atoms with Gasteiger partial charge in [0.1, 0.15) is 5.60 Å². The normalized spacial score (nSPS) is 15.5. The highest BCUT2D eigenvalue weighted by Crippen LogP contribution is 2.41. The van der Waals surface area contributed by atoms with Crippen LogP contribution in [-0.2, 0) is 22.8 Å². The smallest absolute Gasteiger partial charge is 0.435 e. The molecule has 4 amide bonds. The van der Waals surface area contributed by atoms with Gasteiger partial charge in [-0.2, -0.15) is 18.3 Å². The maximum Gasteiger partial charge on any atom is 0.435 e. The molecular formula is C37H42ClF3N10O5. The fraction of sp³-hybridized carbons (Fsp3) is 0.432. The number of amides is 4. The van der Waals surface area contributed by atoms with Crippen LogP contribution in [-0.4, -0.2) is 115 Å². The number of aromatic amines is 1. The van der Waals surface area contributed by atoms with Gasteiger partial charge in [-0.05, 0) is 63.9 Å². The first-order chi connectivity index (χ1) is 26.4. The molecule has 0 atom stereocenters. The van der Waals surface area contributed by atoms with Crippen LogP contribution in [0.25, 0.3) is 22.6 Å². The number of ether oxygens (including phenoxy) is 1. The summed E-state index contributed by atoms with van der Waals surface area (Å²) in [6.45, 7) is 7.57. The largest absolute Gasteiger partial charge is 0.444 e. The number of likely N-dealkylation sites (tertiary alicyclic amines) is 1. The standard InChI is InChI=1S/C37H42ClF3N10O5/c1-36(2,3)56-35(55)51-12-10-21(11-13-51)33(53)49-14-16-50(17-15-49)34(54)24-8-6-22(18-25(24)38)45-32(52)31-44-20-27(48(31)5)28-29(46-47-30(28)37(39,40)41)26-9-7-23(42-4)19-43-26/h6-9,18-21,42H,10-17H2,1-5H3,(H,45,52)(H,46,47). The van der Waals surface area contributed by atoms with Gasteiger partial charge in [0.05, 0.1) is 51.3 Å². The quantitative estimate of drug-likeness (QED) is 0.210. The summed E-state index contributed by atoms with van der Waals surface area (Å²) in [7, 11) is 3.09. The zero-order valence-corrected chi connectivity index (χ0v) is 32.2. The number of carbonyl (C=O) groups excluding carboxylic acids is 4. The van der Waals surface area contributed by atoms with Crippen LogP contribution in [0.1, 0.15) is 60.3 Å².